The first kappa shape index (κ1) is 14.8. The fraction of sp³-hybridized carbons (Fsp3) is 0.417. The molecule has 1 N–H and O–H groups in total. The van der Waals surface area contributed by atoms with Crippen molar-refractivity contribution in [2.75, 3.05) is 20.8 Å². The Balaban J connectivity index is 2.47. The number of alkyl carbamates (subject to hydrolysis) is 1. The zero-order valence-corrected chi connectivity index (χ0v) is 12.3. The summed E-state index contributed by atoms with van der Waals surface area (Å²) in [7, 11) is 2.84. The third kappa shape index (κ3) is 2.65. The number of alkyl halides is 2. The first-order valence-corrected chi connectivity index (χ1v) is 6.41. The van der Waals surface area contributed by atoms with Crippen molar-refractivity contribution in [1.29, 1.82) is 0 Å². The summed E-state index contributed by atoms with van der Waals surface area (Å²) in [5, 5.41) is 2.12. The fourth-order valence-corrected chi connectivity index (χ4v) is 2.46. The first-order chi connectivity index (χ1) is 9.39. The van der Waals surface area contributed by atoms with Gasteiger partial charge in [-0.05, 0) is 17.7 Å². The number of carbonyl (C=O) groups is 1. The molecule has 1 aromatic rings. The molecule has 0 spiro atoms. The van der Waals surface area contributed by atoms with E-state index in [0.29, 0.717) is 16.0 Å². The smallest absolute Gasteiger partial charge is 0.408 e. The van der Waals surface area contributed by atoms with Crippen LogP contribution in [-0.2, 0) is 4.74 Å². The molecule has 0 aromatic heterocycles. The number of hydrogen-bond acceptors (Lipinski definition) is 4. The predicted octanol–water partition coefficient (Wildman–Crippen LogP) is 2.88. The lowest BCUT2D eigenvalue weighted by Crippen LogP contribution is -2.49. The van der Waals surface area contributed by atoms with Gasteiger partial charge in [-0.2, -0.15) is 0 Å². The Morgan fingerprint density at radius 1 is 1.35 bits per heavy atom. The molecule has 0 aliphatic carbocycles. The van der Waals surface area contributed by atoms with Crippen LogP contribution < -0.4 is 14.8 Å². The van der Waals surface area contributed by atoms with Crippen LogP contribution in [-0.4, -0.2) is 32.8 Å². The Hall–Kier alpha value is -1.57. The highest BCUT2D eigenvalue weighted by molar-refractivity contribution is 9.10. The molecule has 0 radical (unpaired) electrons. The lowest BCUT2D eigenvalue weighted by atomic mass is 9.99. The van der Waals surface area contributed by atoms with Gasteiger partial charge in [0.2, 0.25) is 0 Å². The van der Waals surface area contributed by atoms with Crippen molar-refractivity contribution in [3.8, 4) is 11.5 Å². The van der Waals surface area contributed by atoms with E-state index in [4.69, 9.17) is 9.47 Å². The van der Waals surface area contributed by atoms with Gasteiger partial charge in [-0.25, -0.2) is 13.6 Å². The highest BCUT2D eigenvalue weighted by Gasteiger charge is 2.47. The fourth-order valence-electron chi connectivity index (χ4n) is 1.91. The quantitative estimate of drug-likeness (QED) is 0.909. The summed E-state index contributed by atoms with van der Waals surface area (Å²) in [6.45, 7) is -0.968. The largest absolute Gasteiger partial charge is 0.493 e. The molecule has 1 saturated heterocycles. The maximum atomic E-state index is 13.9. The van der Waals surface area contributed by atoms with Crippen LogP contribution in [0, 0.1) is 0 Å². The molecule has 1 fully saturated rings. The standard InChI is InChI=1S/C12H12BrF2NO4/c1-18-8-3-6(7(13)4-9(8)19-2)10-12(14,15)5-20-11(17)16-10/h3-4,10H,5H2,1-2H3,(H,16,17)/t10-/m1/s1. The van der Waals surface area contributed by atoms with Gasteiger partial charge in [-0.3, -0.25) is 0 Å². The van der Waals surface area contributed by atoms with Crippen LogP contribution in [0.25, 0.3) is 0 Å². The van der Waals surface area contributed by atoms with Crippen LogP contribution in [0.2, 0.25) is 0 Å². The Morgan fingerprint density at radius 3 is 2.55 bits per heavy atom. The van der Waals surface area contributed by atoms with Crippen molar-refractivity contribution in [2.45, 2.75) is 12.0 Å². The lowest BCUT2D eigenvalue weighted by molar-refractivity contribution is -0.104. The SMILES string of the molecule is COc1cc(Br)c([C@H]2NC(=O)OCC2(F)F)cc1OC. The van der Waals surface area contributed by atoms with Crippen molar-refractivity contribution in [3.63, 3.8) is 0 Å². The van der Waals surface area contributed by atoms with Crippen molar-refractivity contribution < 1.29 is 27.8 Å². The van der Waals surface area contributed by atoms with E-state index < -0.39 is 24.7 Å². The van der Waals surface area contributed by atoms with Gasteiger partial charge in [0, 0.05) is 4.47 Å². The van der Waals surface area contributed by atoms with Crippen molar-refractivity contribution in [1.82, 2.24) is 5.32 Å². The van der Waals surface area contributed by atoms with Crippen molar-refractivity contribution in [2.24, 2.45) is 0 Å². The van der Waals surface area contributed by atoms with Gasteiger partial charge >= 0.3 is 12.0 Å². The van der Waals surface area contributed by atoms with E-state index in [1.165, 1.54) is 26.4 Å². The molecule has 1 aliphatic rings. The zero-order valence-electron chi connectivity index (χ0n) is 10.7. The van der Waals surface area contributed by atoms with Crippen molar-refractivity contribution >= 4 is 22.0 Å². The van der Waals surface area contributed by atoms with E-state index >= 15 is 0 Å². The molecular weight excluding hydrogens is 340 g/mol. The highest BCUT2D eigenvalue weighted by atomic mass is 79.9. The second kappa shape index (κ2) is 5.43. The van der Waals surface area contributed by atoms with Gasteiger partial charge < -0.3 is 19.5 Å². The van der Waals surface area contributed by atoms with Gasteiger partial charge in [-0.1, -0.05) is 15.9 Å². The lowest BCUT2D eigenvalue weighted by Gasteiger charge is -2.32. The molecule has 2 rings (SSSR count). The molecule has 1 heterocycles. The molecule has 1 aromatic carbocycles. The summed E-state index contributed by atoms with van der Waals surface area (Å²) >= 11 is 3.20. The number of benzene rings is 1. The molecule has 110 valence electrons. The van der Waals surface area contributed by atoms with Crippen LogP contribution in [0.3, 0.4) is 0 Å². The number of methoxy groups -OCH3 is 2. The van der Waals surface area contributed by atoms with Gasteiger partial charge in [0.25, 0.3) is 0 Å². The van der Waals surface area contributed by atoms with E-state index in [1.807, 2.05) is 0 Å². The van der Waals surface area contributed by atoms with Gasteiger partial charge in [0.1, 0.15) is 6.04 Å². The number of amides is 1. The third-order valence-electron chi connectivity index (χ3n) is 2.89. The second-order valence-corrected chi connectivity index (χ2v) is 5.00. The molecule has 5 nitrogen and oxygen atoms in total. The molecule has 0 bridgehead atoms. The predicted molar refractivity (Wildman–Crippen MR) is 69.4 cm³/mol. The number of cyclic esters (lactones) is 1. The molecule has 20 heavy (non-hydrogen) atoms. The summed E-state index contributed by atoms with van der Waals surface area (Å²) in [5.41, 5.74) is 0.185. The number of ether oxygens (including phenoxy) is 3. The number of hydrogen-bond donors (Lipinski definition) is 1. The Labute approximate surface area is 122 Å². The van der Waals surface area contributed by atoms with Crippen LogP contribution in [0.4, 0.5) is 13.6 Å². The molecule has 1 atom stereocenters. The van der Waals surface area contributed by atoms with E-state index in [-0.39, 0.29) is 5.56 Å². The van der Waals surface area contributed by atoms with Crippen LogP contribution in [0.15, 0.2) is 16.6 Å². The molecule has 1 amide bonds. The minimum absolute atomic E-state index is 0.185. The molecule has 0 saturated carbocycles. The molecule has 0 unspecified atom stereocenters. The number of halogens is 3. The summed E-state index contributed by atoms with van der Waals surface area (Å²) in [4.78, 5) is 11.2. The van der Waals surface area contributed by atoms with E-state index in [9.17, 15) is 13.6 Å². The monoisotopic (exact) mass is 351 g/mol. The van der Waals surface area contributed by atoms with Gasteiger partial charge in [-0.15, -0.1) is 0 Å². The molecular formula is C12H12BrF2NO4. The first-order valence-electron chi connectivity index (χ1n) is 5.61. The van der Waals surface area contributed by atoms with Gasteiger partial charge in [0.15, 0.2) is 18.1 Å². The summed E-state index contributed by atoms with van der Waals surface area (Å²) in [6, 6.07) is 1.40. The number of carbonyl (C=O) groups excluding carboxylic acids is 1. The topological polar surface area (TPSA) is 56.8 Å². The maximum absolute atomic E-state index is 13.9. The third-order valence-corrected chi connectivity index (χ3v) is 3.58. The van der Waals surface area contributed by atoms with E-state index in [0.717, 1.165) is 0 Å². The molecule has 8 heteroatoms. The summed E-state index contributed by atoms with van der Waals surface area (Å²) < 4.78 is 42.6. The van der Waals surface area contributed by atoms with Crippen LogP contribution >= 0.6 is 15.9 Å². The molecule has 1 aliphatic heterocycles. The zero-order chi connectivity index (χ0) is 14.9. The Bertz CT molecular complexity index is 538. The summed E-state index contributed by atoms with van der Waals surface area (Å²) in [5.74, 6) is -2.54. The normalized spacial score (nSPS) is 20.9. The van der Waals surface area contributed by atoms with E-state index in [1.54, 1.807) is 0 Å². The summed E-state index contributed by atoms with van der Waals surface area (Å²) in [6.07, 6.45) is -0.886. The van der Waals surface area contributed by atoms with Crippen molar-refractivity contribution in [3.05, 3.63) is 22.2 Å². The van der Waals surface area contributed by atoms with Crippen LogP contribution in [0.1, 0.15) is 11.6 Å². The van der Waals surface area contributed by atoms with Crippen LogP contribution in [0.5, 0.6) is 11.5 Å². The van der Waals surface area contributed by atoms with E-state index in [2.05, 4.69) is 26.0 Å². The minimum Gasteiger partial charge on any atom is -0.493 e. The Morgan fingerprint density at radius 2 is 1.95 bits per heavy atom. The highest BCUT2D eigenvalue weighted by Crippen LogP contribution is 2.42. The minimum atomic E-state index is -3.23. The Kier molecular flexibility index (Phi) is 4.03. The number of rotatable bonds is 3. The maximum Gasteiger partial charge on any atom is 0.408 e. The second-order valence-electron chi connectivity index (χ2n) is 4.14. The average molecular weight is 352 g/mol. The number of nitrogens with one attached hydrogen (secondary N) is 1. The average Bonchev–Trinajstić information content (AvgIpc) is 2.41. The van der Waals surface area contributed by atoms with Gasteiger partial charge in [0.05, 0.1) is 14.2 Å².